The van der Waals surface area contributed by atoms with Crippen LogP contribution in [0.15, 0.2) is 4.79 Å². The van der Waals surface area contributed by atoms with Gasteiger partial charge in [0.15, 0.2) is 5.82 Å². The molecule has 0 aliphatic carbocycles. The molecule has 19 heavy (non-hydrogen) atoms. The van der Waals surface area contributed by atoms with E-state index in [9.17, 15) is 4.79 Å². The lowest BCUT2D eigenvalue weighted by molar-refractivity contribution is 0.770. The van der Waals surface area contributed by atoms with Gasteiger partial charge in [-0.1, -0.05) is 11.6 Å². The third kappa shape index (κ3) is 2.84. The van der Waals surface area contributed by atoms with Crippen LogP contribution in [-0.4, -0.2) is 31.3 Å². The maximum Gasteiger partial charge on any atom is 0.343 e. The molecule has 0 unspecified atom stereocenters. The summed E-state index contributed by atoms with van der Waals surface area (Å²) in [7, 11) is 1.65. The Morgan fingerprint density at radius 1 is 1.47 bits per heavy atom. The van der Waals surface area contributed by atoms with E-state index in [2.05, 4.69) is 25.5 Å². The fourth-order valence-corrected chi connectivity index (χ4v) is 1.75. The molecule has 102 valence electrons. The van der Waals surface area contributed by atoms with E-state index in [0.717, 1.165) is 0 Å². The molecule has 0 radical (unpaired) electrons. The maximum atomic E-state index is 11.2. The minimum atomic E-state index is -0.241. The zero-order valence-corrected chi connectivity index (χ0v) is 11.3. The molecule has 0 aliphatic rings. The number of nitrogens with one attached hydrogen (secondary N) is 2. The van der Waals surface area contributed by atoms with Gasteiger partial charge in [0.25, 0.3) is 0 Å². The molecule has 2 heterocycles. The lowest BCUT2D eigenvalue weighted by Gasteiger charge is -2.09. The number of nitrogens with zero attached hydrogens (tertiary/aromatic N) is 4. The first-order valence-electron chi connectivity index (χ1n) is 5.62. The van der Waals surface area contributed by atoms with Crippen molar-refractivity contribution in [3.05, 3.63) is 27.0 Å². The second kappa shape index (κ2) is 5.27. The predicted molar refractivity (Wildman–Crippen MR) is 72.2 cm³/mol. The monoisotopic (exact) mass is 283 g/mol. The normalized spacial score (nSPS) is 10.7. The van der Waals surface area contributed by atoms with Crippen LogP contribution >= 0.6 is 11.6 Å². The summed E-state index contributed by atoms with van der Waals surface area (Å²) in [5.74, 6) is 1.29. The van der Waals surface area contributed by atoms with Gasteiger partial charge in [0.05, 0.1) is 5.69 Å². The second-order valence-electron chi connectivity index (χ2n) is 4.01. The highest BCUT2D eigenvalue weighted by Gasteiger charge is 2.09. The molecule has 0 bridgehead atoms. The fraction of sp³-hybridized carbons (Fsp3) is 0.400. The number of anilines is 2. The Morgan fingerprint density at radius 3 is 2.84 bits per heavy atom. The van der Waals surface area contributed by atoms with Crippen LogP contribution in [0.4, 0.5) is 11.8 Å². The summed E-state index contributed by atoms with van der Waals surface area (Å²) in [5, 5.41) is 9.75. The quantitative estimate of drug-likeness (QED) is 0.733. The van der Waals surface area contributed by atoms with Gasteiger partial charge in [0.2, 0.25) is 5.95 Å². The summed E-state index contributed by atoms with van der Waals surface area (Å²) in [4.78, 5) is 19.2. The Balaban J connectivity index is 2.04. The summed E-state index contributed by atoms with van der Waals surface area (Å²) >= 11 is 6.06. The van der Waals surface area contributed by atoms with Crippen molar-refractivity contribution in [1.82, 2.24) is 24.7 Å². The van der Waals surface area contributed by atoms with Crippen LogP contribution in [0, 0.1) is 6.92 Å². The number of nitrogen functional groups attached to an aromatic ring is 1. The van der Waals surface area contributed by atoms with E-state index in [0.29, 0.717) is 35.3 Å². The number of rotatable bonds is 4. The van der Waals surface area contributed by atoms with Crippen LogP contribution in [-0.2, 0) is 13.5 Å². The molecule has 0 atom stereocenters. The minimum absolute atomic E-state index is 0.163. The molecular weight excluding hydrogens is 270 g/mol. The van der Waals surface area contributed by atoms with Crippen LogP contribution in [0.3, 0.4) is 0 Å². The van der Waals surface area contributed by atoms with Gasteiger partial charge >= 0.3 is 5.69 Å². The van der Waals surface area contributed by atoms with Crippen molar-refractivity contribution in [2.75, 3.05) is 17.6 Å². The topological polar surface area (TPSA) is 115 Å². The first-order valence-corrected chi connectivity index (χ1v) is 6.00. The van der Waals surface area contributed by atoms with Gasteiger partial charge in [0.1, 0.15) is 10.8 Å². The Kier molecular flexibility index (Phi) is 3.70. The molecule has 0 amide bonds. The number of H-pyrrole nitrogens is 1. The number of aromatic amines is 1. The van der Waals surface area contributed by atoms with Gasteiger partial charge in [-0.3, -0.25) is 4.57 Å². The Bertz CT molecular complexity index is 648. The molecule has 0 saturated heterocycles. The highest BCUT2D eigenvalue weighted by molar-refractivity contribution is 6.33. The summed E-state index contributed by atoms with van der Waals surface area (Å²) in [5.41, 5.74) is 5.93. The molecule has 0 fully saturated rings. The van der Waals surface area contributed by atoms with Crippen molar-refractivity contribution < 1.29 is 0 Å². The summed E-state index contributed by atoms with van der Waals surface area (Å²) in [6.07, 6.45) is 0.550. The molecule has 0 spiro atoms. The van der Waals surface area contributed by atoms with E-state index < -0.39 is 0 Å². The van der Waals surface area contributed by atoms with Crippen LogP contribution in [0.1, 0.15) is 11.5 Å². The maximum absolute atomic E-state index is 11.2. The largest absolute Gasteiger partial charge is 0.368 e. The fourth-order valence-electron chi connectivity index (χ4n) is 1.59. The lowest BCUT2D eigenvalue weighted by Crippen LogP contribution is -2.17. The number of nitrogens with two attached hydrogens (primary N) is 1. The van der Waals surface area contributed by atoms with Crippen molar-refractivity contribution in [2.45, 2.75) is 13.3 Å². The number of hydrogen-bond acceptors (Lipinski definition) is 6. The van der Waals surface area contributed by atoms with Gasteiger partial charge in [-0.05, 0) is 6.92 Å². The standard InChI is InChI=1S/C10H14ClN7O/c1-5-7(11)8(15-9(12)14-5)13-4-3-6-16-17-10(19)18(6)2/h3-4H2,1-2H3,(H,17,19)(H3,12,13,14,15). The van der Waals surface area contributed by atoms with Crippen molar-refractivity contribution in [3.63, 3.8) is 0 Å². The zero-order valence-electron chi connectivity index (χ0n) is 10.6. The second-order valence-corrected chi connectivity index (χ2v) is 4.39. The molecule has 2 rings (SSSR count). The van der Waals surface area contributed by atoms with Crippen LogP contribution in [0.5, 0.6) is 0 Å². The Morgan fingerprint density at radius 2 is 2.21 bits per heavy atom. The number of aromatic nitrogens is 5. The van der Waals surface area contributed by atoms with Gasteiger partial charge < -0.3 is 11.1 Å². The first-order chi connectivity index (χ1) is 8.99. The highest BCUT2D eigenvalue weighted by Crippen LogP contribution is 2.22. The van der Waals surface area contributed by atoms with E-state index in [-0.39, 0.29) is 11.6 Å². The van der Waals surface area contributed by atoms with Gasteiger partial charge in [-0.2, -0.15) is 10.1 Å². The lowest BCUT2D eigenvalue weighted by atomic mass is 10.3. The van der Waals surface area contributed by atoms with E-state index in [4.69, 9.17) is 17.3 Å². The molecule has 2 aromatic heterocycles. The van der Waals surface area contributed by atoms with Gasteiger partial charge in [-0.15, -0.1) is 0 Å². The van der Waals surface area contributed by atoms with E-state index in [1.807, 2.05) is 0 Å². The van der Waals surface area contributed by atoms with Crippen molar-refractivity contribution in [3.8, 4) is 0 Å². The Labute approximate surface area is 114 Å². The molecule has 0 aliphatic heterocycles. The third-order valence-electron chi connectivity index (χ3n) is 2.65. The van der Waals surface area contributed by atoms with Gasteiger partial charge in [0, 0.05) is 20.0 Å². The van der Waals surface area contributed by atoms with Crippen molar-refractivity contribution in [1.29, 1.82) is 0 Å². The van der Waals surface area contributed by atoms with Crippen molar-refractivity contribution in [2.24, 2.45) is 7.05 Å². The number of aryl methyl sites for hydroxylation is 1. The zero-order chi connectivity index (χ0) is 14.0. The van der Waals surface area contributed by atoms with E-state index in [1.165, 1.54) is 4.57 Å². The first kappa shape index (κ1) is 13.3. The van der Waals surface area contributed by atoms with Crippen LogP contribution in [0.25, 0.3) is 0 Å². The summed E-state index contributed by atoms with van der Waals surface area (Å²) in [6, 6.07) is 0. The van der Waals surface area contributed by atoms with E-state index in [1.54, 1.807) is 14.0 Å². The number of halogens is 1. The van der Waals surface area contributed by atoms with Crippen LogP contribution in [0.2, 0.25) is 5.02 Å². The molecule has 0 saturated carbocycles. The molecular formula is C10H14ClN7O. The Hall–Kier alpha value is -2.09. The average molecular weight is 284 g/mol. The molecule has 2 aromatic rings. The molecule has 8 nitrogen and oxygen atoms in total. The van der Waals surface area contributed by atoms with E-state index >= 15 is 0 Å². The van der Waals surface area contributed by atoms with Crippen molar-refractivity contribution >= 4 is 23.4 Å². The molecule has 9 heteroatoms. The average Bonchev–Trinajstić information content (AvgIpc) is 2.67. The minimum Gasteiger partial charge on any atom is -0.368 e. The summed E-state index contributed by atoms with van der Waals surface area (Å²) in [6.45, 7) is 2.27. The number of hydrogen-bond donors (Lipinski definition) is 3. The highest BCUT2D eigenvalue weighted by atomic mass is 35.5. The molecule has 0 aromatic carbocycles. The smallest absolute Gasteiger partial charge is 0.343 e. The molecule has 4 N–H and O–H groups in total. The third-order valence-corrected chi connectivity index (χ3v) is 3.10. The van der Waals surface area contributed by atoms with Gasteiger partial charge in [-0.25, -0.2) is 14.9 Å². The summed E-state index contributed by atoms with van der Waals surface area (Å²) < 4.78 is 1.45. The predicted octanol–water partition coefficient (Wildman–Crippen LogP) is 0.0970. The SMILES string of the molecule is Cc1nc(N)nc(NCCc2n[nH]c(=O)n2C)c1Cl. The van der Waals surface area contributed by atoms with Crippen LogP contribution < -0.4 is 16.7 Å².